The first kappa shape index (κ1) is 20.5. The molecule has 1 aromatic carbocycles. The molecule has 0 saturated heterocycles. The first-order chi connectivity index (χ1) is 14.9. The number of ether oxygens (including phenoxy) is 1. The van der Waals surface area contributed by atoms with Gasteiger partial charge in [0.1, 0.15) is 17.3 Å². The smallest absolute Gasteiger partial charge is 0.255 e. The summed E-state index contributed by atoms with van der Waals surface area (Å²) >= 11 is 1.53. The minimum Gasteiger partial charge on any atom is -0.497 e. The number of hydrogen-bond acceptors (Lipinski definition) is 6. The molecule has 8 nitrogen and oxygen atoms in total. The van der Waals surface area contributed by atoms with E-state index in [1.807, 2.05) is 41.8 Å². The van der Waals surface area contributed by atoms with E-state index in [4.69, 9.17) is 4.74 Å². The lowest BCUT2D eigenvalue weighted by Gasteiger charge is -2.09. The van der Waals surface area contributed by atoms with Gasteiger partial charge in [-0.05, 0) is 43.0 Å². The molecule has 0 radical (unpaired) electrons. The van der Waals surface area contributed by atoms with Gasteiger partial charge in [-0.25, -0.2) is 4.98 Å². The van der Waals surface area contributed by atoms with E-state index in [0.717, 1.165) is 16.2 Å². The summed E-state index contributed by atoms with van der Waals surface area (Å²) in [6.07, 6.45) is 0.181. The Morgan fingerprint density at radius 1 is 1.23 bits per heavy atom. The van der Waals surface area contributed by atoms with Gasteiger partial charge < -0.3 is 10.1 Å². The molecule has 4 aromatic rings. The van der Waals surface area contributed by atoms with E-state index >= 15 is 0 Å². The molecule has 0 bridgehead atoms. The van der Waals surface area contributed by atoms with Crippen LogP contribution in [0.25, 0.3) is 16.5 Å². The van der Waals surface area contributed by atoms with Crippen LogP contribution in [0, 0.1) is 13.8 Å². The summed E-state index contributed by atoms with van der Waals surface area (Å²) in [5.41, 5.74) is 2.42. The maximum absolute atomic E-state index is 12.7. The van der Waals surface area contributed by atoms with Gasteiger partial charge in [-0.2, -0.15) is 9.78 Å². The Morgan fingerprint density at radius 3 is 2.65 bits per heavy atom. The summed E-state index contributed by atoms with van der Waals surface area (Å²) in [6.45, 7) is 3.47. The molecule has 4 rings (SSSR count). The van der Waals surface area contributed by atoms with Gasteiger partial charge in [0.15, 0.2) is 0 Å². The van der Waals surface area contributed by atoms with Crippen LogP contribution in [0.4, 0.5) is 5.82 Å². The van der Waals surface area contributed by atoms with Crippen LogP contribution in [-0.2, 0) is 11.2 Å². The molecule has 9 heteroatoms. The third kappa shape index (κ3) is 4.41. The Balaban J connectivity index is 1.67. The summed E-state index contributed by atoms with van der Waals surface area (Å²) in [5, 5.41) is 9.43. The topological polar surface area (TPSA) is 102 Å². The quantitative estimate of drug-likeness (QED) is 0.483. The second kappa shape index (κ2) is 8.57. The van der Waals surface area contributed by atoms with E-state index in [1.54, 1.807) is 27.0 Å². The summed E-state index contributed by atoms with van der Waals surface area (Å²) in [7, 11) is 1.60. The van der Waals surface area contributed by atoms with Crippen LogP contribution in [0.2, 0.25) is 0 Å². The fraction of sp³-hybridized carbons (Fsp3) is 0.182. The molecule has 3 heterocycles. The molecule has 0 saturated carbocycles. The second-order valence-electron chi connectivity index (χ2n) is 6.98. The third-order valence-corrected chi connectivity index (χ3v) is 5.75. The highest BCUT2D eigenvalue weighted by molar-refractivity contribution is 7.13. The Kier molecular flexibility index (Phi) is 5.68. The number of aromatic amines is 1. The number of thiophene rings is 1. The van der Waals surface area contributed by atoms with E-state index in [-0.39, 0.29) is 23.8 Å². The van der Waals surface area contributed by atoms with Crippen molar-refractivity contribution in [3.63, 3.8) is 0 Å². The molecule has 3 aromatic heterocycles. The summed E-state index contributed by atoms with van der Waals surface area (Å²) in [4.78, 5) is 33.1. The lowest BCUT2D eigenvalue weighted by atomic mass is 10.1. The number of anilines is 1. The van der Waals surface area contributed by atoms with Crippen LogP contribution < -0.4 is 15.6 Å². The average Bonchev–Trinajstić information content (AvgIpc) is 3.42. The second-order valence-corrected chi connectivity index (χ2v) is 7.92. The van der Waals surface area contributed by atoms with Gasteiger partial charge in [0.25, 0.3) is 5.56 Å². The fourth-order valence-corrected chi connectivity index (χ4v) is 3.70. The molecule has 0 atom stereocenters. The largest absolute Gasteiger partial charge is 0.497 e. The molecule has 0 fully saturated rings. The number of methoxy groups -OCH3 is 1. The van der Waals surface area contributed by atoms with Gasteiger partial charge >= 0.3 is 0 Å². The Labute approximate surface area is 182 Å². The number of nitrogens with one attached hydrogen (secondary N) is 2. The number of H-pyrrole nitrogens is 1. The van der Waals surface area contributed by atoms with E-state index < -0.39 is 0 Å². The Hall–Kier alpha value is -3.72. The molecule has 1 amide bonds. The van der Waals surface area contributed by atoms with Crippen LogP contribution in [0.15, 0.2) is 52.6 Å². The van der Waals surface area contributed by atoms with Crippen molar-refractivity contribution in [2.45, 2.75) is 20.3 Å². The minimum absolute atomic E-state index is 0.181. The number of rotatable bonds is 6. The Bertz CT molecular complexity index is 1270. The highest BCUT2D eigenvalue weighted by Gasteiger charge is 2.17. The number of aryl methyl sites for hydroxylation is 1. The van der Waals surface area contributed by atoms with Crippen molar-refractivity contribution in [2.24, 2.45) is 0 Å². The molecule has 0 unspecified atom stereocenters. The van der Waals surface area contributed by atoms with Crippen LogP contribution in [0.1, 0.15) is 16.8 Å². The van der Waals surface area contributed by atoms with Crippen molar-refractivity contribution in [3.8, 4) is 22.3 Å². The zero-order chi connectivity index (χ0) is 22.0. The number of carbonyl (C=O) groups is 1. The number of nitrogens with zero attached hydrogens (tertiary/aromatic N) is 3. The number of hydrogen-bond donors (Lipinski definition) is 2. The van der Waals surface area contributed by atoms with E-state index in [0.29, 0.717) is 22.8 Å². The summed E-state index contributed by atoms with van der Waals surface area (Å²) < 4.78 is 6.61. The molecular formula is C22H21N5O3S. The van der Waals surface area contributed by atoms with Gasteiger partial charge in [0.2, 0.25) is 11.9 Å². The van der Waals surface area contributed by atoms with Crippen LogP contribution in [0.3, 0.4) is 0 Å². The van der Waals surface area contributed by atoms with Gasteiger partial charge in [0, 0.05) is 17.3 Å². The van der Waals surface area contributed by atoms with Crippen molar-refractivity contribution < 1.29 is 9.53 Å². The zero-order valence-corrected chi connectivity index (χ0v) is 18.1. The van der Waals surface area contributed by atoms with E-state index in [9.17, 15) is 9.59 Å². The number of amides is 1. The van der Waals surface area contributed by atoms with Gasteiger partial charge in [0.05, 0.1) is 18.4 Å². The number of carbonyl (C=O) groups excluding carboxylic acids is 1. The molecular weight excluding hydrogens is 414 g/mol. The lowest BCUT2D eigenvalue weighted by Crippen LogP contribution is -2.21. The Morgan fingerprint density at radius 2 is 2.00 bits per heavy atom. The van der Waals surface area contributed by atoms with Gasteiger partial charge in [-0.1, -0.05) is 18.2 Å². The normalized spacial score (nSPS) is 10.8. The van der Waals surface area contributed by atoms with Crippen molar-refractivity contribution in [2.75, 3.05) is 12.4 Å². The molecule has 2 N–H and O–H groups in total. The monoisotopic (exact) mass is 435 g/mol. The maximum atomic E-state index is 12.7. The van der Waals surface area contributed by atoms with E-state index in [2.05, 4.69) is 20.4 Å². The van der Waals surface area contributed by atoms with Crippen molar-refractivity contribution in [3.05, 3.63) is 75.0 Å². The first-order valence-electron chi connectivity index (χ1n) is 9.59. The standard InChI is InChI=1S/C22H21N5O3S/c1-13-14(2)23-22(25-21(13)29)27-19(12-17(26-27)18-5-4-10-31-18)24-20(28)11-15-6-8-16(30-3)9-7-15/h4-10,12H,11H2,1-3H3,(H,24,28)(H,23,25,29). The van der Waals surface area contributed by atoms with Crippen molar-refractivity contribution in [1.29, 1.82) is 0 Å². The highest BCUT2D eigenvalue weighted by atomic mass is 32.1. The first-order valence-corrected chi connectivity index (χ1v) is 10.5. The average molecular weight is 436 g/mol. The molecule has 0 aliphatic carbocycles. The zero-order valence-electron chi connectivity index (χ0n) is 17.3. The molecule has 158 valence electrons. The molecule has 0 aliphatic heterocycles. The third-order valence-electron chi connectivity index (χ3n) is 4.86. The van der Waals surface area contributed by atoms with Gasteiger partial charge in [-0.3, -0.25) is 14.6 Å². The van der Waals surface area contributed by atoms with Crippen LogP contribution in [-0.4, -0.2) is 32.8 Å². The number of aromatic nitrogens is 4. The van der Waals surface area contributed by atoms with Crippen LogP contribution in [0.5, 0.6) is 5.75 Å². The fourth-order valence-electron chi connectivity index (χ4n) is 3.02. The SMILES string of the molecule is COc1ccc(CC(=O)Nc2cc(-c3cccs3)nn2-c2nc(C)c(C)c(=O)[nH]2)cc1. The predicted molar refractivity (Wildman–Crippen MR) is 120 cm³/mol. The highest BCUT2D eigenvalue weighted by Crippen LogP contribution is 2.27. The van der Waals surface area contributed by atoms with Gasteiger partial charge in [-0.15, -0.1) is 11.3 Å². The number of benzene rings is 1. The molecule has 31 heavy (non-hydrogen) atoms. The van der Waals surface area contributed by atoms with Crippen molar-refractivity contribution >= 4 is 23.1 Å². The maximum Gasteiger partial charge on any atom is 0.255 e. The van der Waals surface area contributed by atoms with E-state index in [1.165, 1.54) is 16.0 Å². The summed E-state index contributed by atoms with van der Waals surface area (Å²) in [5.74, 6) is 1.19. The predicted octanol–water partition coefficient (Wildman–Crippen LogP) is 3.49. The summed E-state index contributed by atoms with van der Waals surface area (Å²) in [6, 6.07) is 12.9. The molecule has 0 spiro atoms. The minimum atomic E-state index is -0.244. The lowest BCUT2D eigenvalue weighted by molar-refractivity contribution is -0.115. The van der Waals surface area contributed by atoms with Crippen molar-refractivity contribution in [1.82, 2.24) is 19.7 Å². The molecule has 0 aliphatic rings. The van der Waals surface area contributed by atoms with Crippen LogP contribution >= 0.6 is 11.3 Å².